The molecule has 2 aromatic rings. The summed E-state index contributed by atoms with van der Waals surface area (Å²) in [5.41, 5.74) is 0.830. The minimum atomic E-state index is -3.78. The second-order valence-corrected chi connectivity index (χ2v) is 8.22. The molecular weight excluding hydrogens is 392 g/mol. The first-order valence-electron chi connectivity index (χ1n) is 8.31. The summed E-state index contributed by atoms with van der Waals surface area (Å²) in [6.07, 6.45) is 0. The van der Waals surface area contributed by atoms with Gasteiger partial charge in [0.05, 0.1) is 11.4 Å². The highest BCUT2D eigenvalue weighted by Crippen LogP contribution is 2.32. The number of ether oxygens (including phenoxy) is 2. The normalized spacial score (nSPS) is 13.0. The maximum atomic E-state index is 12.7. The monoisotopic (exact) mass is 410 g/mol. The van der Waals surface area contributed by atoms with Crippen LogP contribution in [0, 0.1) is 0 Å². The number of fused-ring (bicyclic) bond motifs is 1. The molecule has 0 saturated carbocycles. The van der Waals surface area contributed by atoms with E-state index in [1.165, 1.54) is 24.3 Å². The lowest BCUT2D eigenvalue weighted by molar-refractivity contribution is -0.121. The van der Waals surface area contributed by atoms with Gasteiger partial charge in [-0.25, -0.2) is 8.42 Å². The Morgan fingerprint density at radius 2 is 1.85 bits per heavy atom. The number of likely N-dealkylation sites (N-methyl/N-ethyl adjacent to an activating group) is 1. The van der Waals surface area contributed by atoms with E-state index >= 15 is 0 Å². The molecular formula is C18H19ClN2O5S. The minimum absolute atomic E-state index is 0.0947. The summed E-state index contributed by atoms with van der Waals surface area (Å²) in [4.78, 5) is 12.4. The van der Waals surface area contributed by atoms with Gasteiger partial charge in [0.2, 0.25) is 22.7 Å². The maximum Gasteiger partial charge on any atom is 0.243 e. The smallest absolute Gasteiger partial charge is 0.243 e. The minimum Gasteiger partial charge on any atom is -0.454 e. The van der Waals surface area contributed by atoms with Crippen molar-refractivity contribution in [3.63, 3.8) is 0 Å². The molecule has 9 heteroatoms. The van der Waals surface area contributed by atoms with Crippen LogP contribution in [-0.2, 0) is 21.4 Å². The highest BCUT2D eigenvalue weighted by atomic mass is 35.5. The Hall–Kier alpha value is -2.29. The number of hydrogen-bond donors (Lipinski definition) is 1. The second kappa shape index (κ2) is 8.16. The fourth-order valence-electron chi connectivity index (χ4n) is 2.59. The third-order valence-electron chi connectivity index (χ3n) is 4.05. The van der Waals surface area contributed by atoms with Gasteiger partial charge in [0.15, 0.2) is 11.5 Å². The van der Waals surface area contributed by atoms with Gasteiger partial charge in [-0.1, -0.05) is 24.6 Å². The van der Waals surface area contributed by atoms with E-state index in [2.05, 4.69) is 5.32 Å². The molecule has 27 heavy (non-hydrogen) atoms. The predicted molar refractivity (Wildman–Crippen MR) is 100 cm³/mol. The Balaban J connectivity index is 1.62. The molecule has 0 bridgehead atoms. The number of nitrogens with zero attached hydrogens (tertiary/aromatic N) is 1. The van der Waals surface area contributed by atoms with Crippen molar-refractivity contribution in [3.8, 4) is 11.5 Å². The van der Waals surface area contributed by atoms with Gasteiger partial charge in [-0.05, 0) is 42.0 Å². The first-order valence-corrected chi connectivity index (χ1v) is 10.1. The van der Waals surface area contributed by atoms with E-state index in [0.717, 1.165) is 9.87 Å². The van der Waals surface area contributed by atoms with E-state index in [-0.39, 0.29) is 31.3 Å². The molecule has 0 spiro atoms. The van der Waals surface area contributed by atoms with Gasteiger partial charge in [0, 0.05) is 18.1 Å². The summed E-state index contributed by atoms with van der Waals surface area (Å²) in [6.45, 7) is 2.01. The quantitative estimate of drug-likeness (QED) is 0.757. The molecule has 0 fully saturated rings. The van der Waals surface area contributed by atoms with Crippen LogP contribution >= 0.6 is 11.6 Å². The highest BCUT2D eigenvalue weighted by molar-refractivity contribution is 7.89. The lowest BCUT2D eigenvalue weighted by Crippen LogP contribution is -2.40. The van der Waals surface area contributed by atoms with Crippen LogP contribution < -0.4 is 14.8 Å². The Labute approximate surface area is 162 Å². The average Bonchev–Trinajstić information content (AvgIpc) is 3.12. The lowest BCUT2D eigenvalue weighted by atomic mass is 10.2. The van der Waals surface area contributed by atoms with Crippen molar-refractivity contribution in [2.45, 2.75) is 18.4 Å². The molecule has 1 N–H and O–H groups in total. The average molecular weight is 411 g/mol. The molecule has 0 saturated heterocycles. The number of amides is 1. The van der Waals surface area contributed by atoms with E-state index in [4.69, 9.17) is 21.1 Å². The van der Waals surface area contributed by atoms with Crippen molar-refractivity contribution in [1.82, 2.24) is 9.62 Å². The Kier molecular flexibility index (Phi) is 5.88. The number of nitrogens with one attached hydrogen (secondary N) is 1. The largest absolute Gasteiger partial charge is 0.454 e. The van der Waals surface area contributed by atoms with Gasteiger partial charge >= 0.3 is 0 Å². The fourth-order valence-corrected chi connectivity index (χ4v) is 4.12. The number of carbonyl (C=O) groups excluding carboxylic acids is 1. The molecule has 0 aromatic heterocycles. The molecule has 1 heterocycles. The molecule has 1 amide bonds. The van der Waals surface area contributed by atoms with E-state index in [1.54, 1.807) is 19.1 Å². The lowest BCUT2D eigenvalue weighted by Gasteiger charge is -2.20. The SMILES string of the molecule is CCN(CC(=O)NCc1ccc2c(c1)OCO2)S(=O)(=O)c1ccc(Cl)cc1. The van der Waals surface area contributed by atoms with Gasteiger partial charge < -0.3 is 14.8 Å². The van der Waals surface area contributed by atoms with Crippen LogP contribution in [0.1, 0.15) is 12.5 Å². The van der Waals surface area contributed by atoms with Crippen LogP contribution in [0.2, 0.25) is 5.02 Å². The van der Waals surface area contributed by atoms with Crippen LogP contribution in [-0.4, -0.2) is 38.5 Å². The molecule has 0 atom stereocenters. The zero-order chi connectivity index (χ0) is 19.4. The third-order valence-corrected chi connectivity index (χ3v) is 6.24. The summed E-state index contributed by atoms with van der Waals surface area (Å²) in [5.74, 6) is 0.894. The fraction of sp³-hybridized carbons (Fsp3) is 0.278. The van der Waals surface area contributed by atoms with E-state index in [0.29, 0.717) is 16.5 Å². The zero-order valence-electron chi connectivity index (χ0n) is 14.6. The number of rotatable bonds is 7. The first-order chi connectivity index (χ1) is 12.9. The van der Waals surface area contributed by atoms with Gasteiger partial charge in [-0.15, -0.1) is 0 Å². The number of benzene rings is 2. The molecule has 2 aromatic carbocycles. The summed E-state index contributed by atoms with van der Waals surface area (Å²) in [6, 6.07) is 11.2. The van der Waals surface area contributed by atoms with Crippen molar-refractivity contribution >= 4 is 27.5 Å². The molecule has 0 aliphatic carbocycles. The summed E-state index contributed by atoms with van der Waals surface area (Å²) < 4.78 is 37.0. The van der Waals surface area contributed by atoms with E-state index < -0.39 is 15.9 Å². The Morgan fingerprint density at radius 3 is 2.56 bits per heavy atom. The van der Waals surface area contributed by atoms with Gasteiger partial charge in [0.1, 0.15) is 0 Å². The van der Waals surface area contributed by atoms with Gasteiger partial charge in [0.25, 0.3) is 0 Å². The summed E-state index contributed by atoms with van der Waals surface area (Å²) >= 11 is 5.80. The molecule has 0 unspecified atom stereocenters. The third kappa shape index (κ3) is 4.52. The first kappa shape index (κ1) is 19.5. The number of halogens is 1. The van der Waals surface area contributed by atoms with Crippen molar-refractivity contribution < 1.29 is 22.7 Å². The molecule has 144 valence electrons. The number of hydrogen-bond acceptors (Lipinski definition) is 5. The van der Waals surface area contributed by atoms with Crippen molar-refractivity contribution in [2.24, 2.45) is 0 Å². The Bertz CT molecular complexity index is 931. The van der Waals surface area contributed by atoms with Gasteiger partial charge in [-0.3, -0.25) is 4.79 Å². The summed E-state index contributed by atoms with van der Waals surface area (Å²) in [7, 11) is -3.78. The second-order valence-electron chi connectivity index (χ2n) is 5.85. The van der Waals surface area contributed by atoms with E-state index in [9.17, 15) is 13.2 Å². The van der Waals surface area contributed by atoms with Crippen molar-refractivity contribution in [2.75, 3.05) is 19.9 Å². The van der Waals surface area contributed by atoms with Crippen LogP contribution in [0.15, 0.2) is 47.4 Å². The predicted octanol–water partition coefficient (Wildman–Crippen LogP) is 2.40. The van der Waals surface area contributed by atoms with Crippen LogP contribution in [0.5, 0.6) is 11.5 Å². The maximum absolute atomic E-state index is 12.7. The summed E-state index contributed by atoms with van der Waals surface area (Å²) in [5, 5.41) is 3.17. The van der Waals surface area contributed by atoms with Crippen LogP contribution in [0.3, 0.4) is 0 Å². The van der Waals surface area contributed by atoms with Crippen LogP contribution in [0.4, 0.5) is 0 Å². The molecule has 7 nitrogen and oxygen atoms in total. The zero-order valence-corrected chi connectivity index (χ0v) is 16.2. The molecule has 1 aliphatic rings. The molecule has 3 rings (SSSR count). The van der Waals surface area contributed by atoms with Crippen molar-refractivity contribution in [1.29, 1.82) is 0 Å². The topological polar surface area (TPSA) is 84.9 Å². The molecule has 1 aliphatic heterocycles. The standard InChI is InChI=1S/C18H19ClN2O5S/c1-2-21(27(23,24)15-6-4-14(19)5-7-15)11-18(22)20-10-13-3-8-16-17(9-13)26-12-25-16/h3-9H,2,10-12H2,1H3,(H,20,22). The Morgan fingerprint density at radius 1 is 1.15 bits per heavy atom. The number of carbonyl (C=O) groups is 1. The van der Waals surface area contributed by atoms with Crippen LogP contribution in [0.25, 0.3) is 0 Å². The molecule has 0 radical (unpaired) electrons. The van der Waals surface area contributed by atoms with Crippen molar-refractivity contribution in [3.05, 3.63) is 53.1 Å². The highest BCUT2D eigenvalue weighted by Gasteiger charge is 2.25. The number of sulfonamides is 1. The van der Waals surface area contributed by atoms with Gasteiger partial charge in [-0.2, -0.15) is 4.31 Å². The van der Waals surface area contributed by atoms with E-state index in [1.807, 2.05) is 6.07 Å².